The van der Waals surface area contributed by atoms with Gasteiger partial charge in [-0.2, -0.15) is 0 Å². The molecule has 33 heavy (non-hydrogen) atoms. The normalized spacial score (nSPS) is 11.7. The summed E-state index contributed by atoms with van der Waals surface area (Å²) in [6.07, 6.45) is 2.04. The fourth-order valence-electron chi connectivity index (χ4n) is 5.11. The lowest BCUT2D eigenvalue weighted by atomic mass is 10.0. The molecule has 2 aromatic heterocycles. The first-order chi connectivity index (χ1) is 16.1. The van der Waals surface area contributed by atoms with Gasteiger partial charge in [0.05, 0.1) is 27.6 Å². The van der Waals surface area contributed by atoms with Crippen LogP contribution in [0.1, 0.15) is 33.6 Å². The first-order valence-electron chi connectivity index (χ1n) is 11.9. The number of aromatic amines is 1. The Kier molecular flexibility index (Phi) is 5.41. The summed E-state index contributed by atoms with van der Waals surface area (Å²) in [6.45, 7) is 8.94. The molecule has 0 bridgehead atoms. The van der Waals surface area contributed by atoms with Gasteiger partial charge in [0, 0.05) is 41.3 Å². The van der Waals surface area contributed by atoms with Crippen LogP contribution < -0.4 is 15.8 Å². The molecule has 5 aromatic rings. The van der Waals surface area contributed by atoms with E-state index in [-0.39, 0.29) is 10.9 Å². The summed E-state index contributed by atoms with van der Waals surface area (Å²) in [5, 5.41) is 2.67. The van der Waals surface area contributed by atoms with Gasteiger partial charge in [0.1, 0.15) is 0 Å². The molecular formula is C28H29N3O2. The summed E-state index contributed by atoms with van der Waals surface area (Å²) in [5.74, 6) is 0. The van der Waals surface area contributed by atoms with E-state index in [2.05, 4.69) is 41.3 Å². The molecule has 0 fully saturated rings. The Balaban J connectivity index is 1.94. The van der Waals surface area contributed by atoms with Crippen molar-refractivity contribution in [3.63, 3.8) is 0 Å². The molecular weight excluding hydrogens is 410 g/mol. The monoisotopic (exact) mass is 439 g/mol. The van der Waals surface area contributed by atoms with Crippen molar-refractivity contribution in [2.24, 2.45) is 0 Å². The number of para-hydroxylation sites is 1. The van der Waals surface area contributed by atoms with E-state index in [9.17, 15) is 9.59 Å². The van der Waals surface area contributed by atoms with E-state index < -0.39 is 0 Å². The van der Waals surface area contributed by atoms with Crippen LogP contribution in [0.4, 0.5) is 5.69 Å². The number of fused-ring (bicyclic) bond motifs is 4. The predicted molar refractivity (Wildman–Crippen MR) is 140 cm³/mol. The molecule has 0 radical (unpaired) electrons. The third kappa shape index (κ3) is 3.30. The van der Waals surface area contributed by atoms with Gasteiger partial charge in [0.25, 0.3) is 0 Å². The van der Waals surface area contributed by atoms with Gasteiger partial charge in [-0.15, -0.1) is 0 Å². The van der Waals surface area contributed by atoms with Gasteiger partial charge in [-0.3, -0.25) is 9.59 Å². The highest BCUT2D eigenvalue weighted by atomic mass is 16.1. The van der Waals surface area contributed by atoms with E-state index in [1.165, 1.54) is 0 Å². The second-order valence-electron chi connectivity index (χ2n) is 8.65. The number of nitrogens with one attached hydrogen (secondary N) is 1. The van der Waals surface area contributed by atoms with Crippen LogP contribution in [-0.4, -0.2) is 22.6 Å². The maximum Gasteiger partial charge on any atom is 0.199 e. The fraction of sp³-hybridized carbons (Fsp3) is 0.286. The second-order valence-corrected chi connectivity index (χ2v) is 8.65. The van der Waals surface area contributed by atoms with Crippen molar-refractivity contribution in [2.45, 2.75) is 40.2 Å². The maximum atomic E-state index is 14.0. The molecule has 0 saturated heterocycles. The number of nitrogens with zero attached hydrogens (tertiary/aromatic N) is 2. The van der Waals surface area contributed by atoms with Crippen LogP contribution in [0.5, 0.6) is 0 Å². The van der Waals surface area contributed by atoms with Crippen molar-refractivity contribution < 1.29 is 0 Å². The first-order valence-corrected chi connectivity index (χ1v) is 11.9. The van der Waals surface area contributed by atoms with E-state index >= 15 is 0 Å². The smallest absolute Gasteiger partial charge is 0.199 e. The number of benzene rings is 3. The van der Waals surface area contributed by atoms with Crippen molar-refractivity contribution >= 4 is 49.3 Å². The summed E-state index contributed by atoms with van der Waals surface area (Å²) >= 11 is 0. The molecule has 5 nitrogen and oxygen atoms in total. The van der Waals surface area contributed by atoms with E-state index in [1.54, 1.807) is 0 Å². The van der Waals surface area contributed by atoms with Crippen molar-refractivity contribution in [1.29, 1.82) is 0 Å². The zero-order chi connectivity index (χ0) is 23.1. The highest BCUT2D eigenvalue weighted by molar-refractivity contribution is 6.05. The van der Waals surface area contributed by atoms with Gasteiger partial charge < -0.3 is 14.5 Å². The van der Waals surface area contributed by atoms with Gasteiger partial charge in [0.15, 0.2) is 10.9 Å². The summed E-state index contributed by atoms with van der Waals surface area (Å²) in [5.41, 5.74) is 4.21. The highest BCUT2D eigenvalue weighted by Crippen LogP contribution is 2.29. The SMILES string of the molecule is CCCN(CCC)c1cccc2c1c(=O)c1cc3[nH]c4ccccc4c(=O)c3cc1n2CC. The Bertz CT molecular complexity index is 1620. The van der Waals surface area contributed by atoms with Gasteiger partial charge in [-0.25, -0.2) is 0 Å². The molecule has 0 saturated carbocycles. The topological polar surface area (TPSA) is 58.1 Å². The number of aromatic nitrogens is 2. The van der Waals surface area contributed by atoms with E-state index in [0.29, 0.717) is 28.2 Å². The minimum absolute atomic E-state index is 0.0118. The summed E-state index contributed by atoms with van der Waals surface area (Å²) in [7, 11) is 0. The lowest BCUT2D eigenvalue weighted by molar-refractivity contribution is 0.746. The predicted octanol–water partition coefficient (Wildman–Crippen LogP) is 5.80. The minimum atomic E-state index is -0.0118. The van der Waals surface area contributed by atoms with E-state index in [1.807, 2.05) is 48.5 Å². The number of hydrogen-bond donors (Lipinski definition) is 1. The standard InChI is InChI=1S/C28H29N3O2/c1-4-14-30(15-5-2)23-12-9-13-24-26(23)28(33)20-16-22-19(17-25(20)31(24)6-3)27(32)18-10-7-8-11-21(18)29-22/h7-13,16-17H,4-6,14-15H2,1-3H3,(H,29,32). The van der Waals surface area contributed by atoms with Gasteiger partial charge in [-0.1, -0.05) is 32.0 Å². The van der Waals surface area contributed by atoms with Crippen LogP contribution in [0.2, 0.25) is 0 Å². The molecule has 0 amide bonds. The Morgan fingerprint density at radius 1 is 0.758 bits per heavy atom. The molecule has 0 atom stereocenters. The number of rotatable bonds is 6. The number of pyridine rings is 2. The molecule has 5 heteroatoms. The molecule has 2 heterocycles. The van der Waals surface area contributed by atoms with Crippen molar-refractivity contribution in [3.05, 3.63) is 75.0 Å². The quantitative estimate of drug-likeness (QED) is 0.340. The molecule has 168 valence electrons. The highest BCUT2D eigenvalue weighted by Gasteiger charge is 2.18. The Labute approximate surface area is 192 Å². The molecule has 0 unspecified atom stereocenters. The van der Waals surface area contributed by atoms with Crippen LogP contribution in [-0.2, 0) is 6.54 Å². The van der Waals surface area contributed by atoms with Crippen LogP contribution in [0.15, 0.2) is 64.2 Å². The average molecular weight is 440 g/mol. The molecule has 0 aliphatic heterocycles. The fourth-order valence-corrected chi connectivity index (χ4v) is 5.11. The average Bonchev–Trinajstić information content (AvgIpc) is 2.83. The number of hydrogen-bond acceptors (Lipinski definition) is 3. The first kappa shape index (κ1) is 21.3. The number of aryl methyl sites for hydroxylation is 1. The lowest BCUT2D eigenvalue weighted by Gasteiger charge is -2.26. The summed E-state index contributed by atoms with van der Waals surface area (Å²) < 4.78 is 2.17. The molecule has 5 rings (SSSR count). The molecule has 0 aliphatic rings. The van der Waals surface area contributed by atoms with Crippen molar-refractivity contribution in [2.75, 3.05) is 18.0 Å². The molecule has 3 aromatic carbocycles. The third-order valence-electron chi connectivity index (χ3n) is 6.54. The molecule has 1 N–H and O–H groups in total. The number of anilines is 1. The maximum absolute atomic E-state index is 14.0. The van der Waals surface area contributed by atoms with Crippen LogP contribution in [0.25, 0.3) is 43.6 Å². The lowest BCUT2D eigenvalue weighted by Crippen LogP contribution is -2.26. The molecule has 0 aliphatic carbocycles. The second kappa shape index (κ2) is 8.39. The Morgan fingerprint density at radius 2 is 1.52 bits per heavy atom. The van der Waals surface area contributed by atoms with Gasteiger partial charge in [0.2, 0.25) is 0 Å². The summed E-state index contributed by atoms with van der Waals surface area (Å²) in [4.78, 5) is 32.9. The van der Waals surface area contributed by atoms with Crippen molar-refractivity contribution in [3.8, 4) is 0 Å². The minimum Gasteiger partial charge on any atom is -0.371 e. The Morgan fingerprint density at radius 3 is 2.24 bits per heavy atom. The largest absolute Gasteiger partial charge is 0.371 e. The zero-order valence-corrected chi connectivity index (χ0v) is 19.4. The Hall–Kier alpha value is -3.60. The van der Waals surface area contributed by atoms with Crippen LogP contribution in [0.3, 0.4) is 0 Å². The van der Waals surface area contributed by atoms with Crippen LogP contribution in [0, 0.1) is 0 Å². The van der Waals surface area contributed by atoms with E-state index in [4.69, 9.17) is 0 Å². The van der Waals surface area contributed by atoms with Gasteiger partial charge >= 0.3 is 0 Å². The summed E-state index contributed by atoms with van der Waals surface area (Å²) in [6, 6.07) is 17.4. The van der Waals surface area contributed by atoms with Crippen LogP contribution >= 0.6 is 0 Å². The van der Waals surface area contributed by atoms with E-state index in [0.717, 1.165) is 53.6 Å². The van der Waals surface area contributed by atoms with Crippen molar-refractivity contribution in [1.82, 2.24) is 9.55 Å². The van der Waals surface area contributed by atoms with Gasteiger partial charge in [-0.05, 0) is 56.2 Å². The zero-order valence-electron chi connectivity index (χ0n) is 19.4. The third-order valence-corrected chi connectivity index (χ3v) is 6.54. The molecule has 0 spiro atoms. The number of H-pyrrole nitrogens is 1.